The molecule has 0 fully saturated rings. The summed E-state index contributed by atoms with van der Waals surface area (Å²) in [7, 11) is 0. The molecular formula is C14H16OS. The van der Waals surface area contributed by atoms with Crippen molar-refractivity contribution >= 4 is 11.3 Å². The smallest absolute Gasteiger partial charge is 0.0629 e. The number of rotatable bonds is 3. The predicted molar refractivity (Wildman–Crippen MR) is 69.0 cm³/mol. The molecule has 2 heteroatoms. The van der Waals surface area contributed by atoms with Gasteiger partial charge in [-0.2, -0.15) is 0 Å². The van der Waals surface area contributed by atoms with E-state index in [1.54, 1.807) is 11.3 Å². The second-order valence-electron chi connectivity index (χ2n) is 4.14. The Balaban J connectivity index is 2.37. The fraction of sp³-hybridized carbons (Fsp3) is 0.286. The van der Waals surface area contributed by atoms with Crippen molar-refractivity contribution < 1.29 is 5.11 Å². The summed E-state index contributed by atoms with van der Waals surface area (Å²) in [5, 5.41) is 12.0. The maximum Gasteiger partial charge on any atom is 0.0629 e. The van der Waals surface area contributed by atoms with Gasteiger partial charge in [-0.3, -0.25) is 0 Å². The van der Waals surface area contributed by atoms with Gasteiger partial charge in [0.25, 0.3) is 0 Å². The third kappa shape index (κ3) is 2.34. The molecule has 1 heterocycles. The highest BCUT2D eigenvalue weighted by molar-refractivity contribution is 7.10. The largest absolute Gasteiger partial charge is 0.392 e. The number of hydrogen-bond donors (Lipinski definition) is 1. The lowest BCUT2D eigenvalue weighted by Crippen LogP contribution is -2.14. The first-order valence-corrected chi connectivity index (χ1v) is 6.34. The fourth-order valence-corrected chi connectivity index (χ4v) is 2.87. The predicted octanol–water partition coefficient (Wildman–Crippen LogP) is 3.57. The van der Waals surface area contributed by atoms with Crippen LogP contribution >= 0.6 is 11.3 Å². The van der Waals surface area contributed by atoms with E-state index in [1.807, 2.05) is 13.0 Å². The summed E-state index contributed by atoms with van der Waals surface area (Å²) in [6.07, 6.45) is -0.360. The molecule has 0 saturated heterocycles. The number of thiophene rings is 1. The summed E-state index contributed by atoms with van der Waals surface area (Å²) in [5.41, 5.74) is 2.43. The van der Waals surface area contributed by atoms with Crippen LogP contribution in [0.2, 0.25) is 0 Å². The first kappa shape index (κ1) is 11.4. The van der Waals surface area contributed by atoms with Gasteiger partial charge in [-0.25, -0.2) is 0 Å². The third-order valence-corrected chi connectivity index (χ3v) is 3.72. The van der Waals surface area contributed by atoms with Crippen molar-refractivity contribution in [2.45, 2.75) is 25.9 Å². The summed E-state index contributed by atoms with van der Waals surface area (Å²) in [5.74, 6) is 0.0978. The van der Waals surface area contributed by atoms with Gasteiger partial charge in [-0.05, 0) is 30.9 Å². The Bertz CT molecular complexity index is 428. The molecule has 2 unspecified atom stereocenters. The standard InChI is InChI=1S/C14H16OS/c1-10-5-7-12(8-6-10)14(11(2)15)13-4-3-9-16-13/h3-9,11,14-15H,1-2H3. The normalized spacial score (nSPS) is 14.7. The Morgan fingerprint density at radius 3 is 2.31 bits per heavy atom. The van der Waals surface area contributed by atoms with Crippen molar-refractivity contribution in [3.8, 4) is 0 Å². The Morgan fingerprint density at radius 1 is 1.12 bits per heavy atom. The molecule has 1 nitrogen and oxygen atoms in total. The molecule has 0 radical (unpaired) electrons. The van der Waals surface area contributed by atoms with Gasteiger partial charge in [0.05, 0.1) is 6.10 Å². The molecule has 1 aromatic carbocycles. The van der Waals surface area contributed by atoms with E-state index in [0.717, 1.165) is 0 Å². The van der Waals surface area contributed by atoms with Crippen molar-refractivity contribution in [3.05, 3.63) is 57.8 Å². The zero-order valence-corrected chi connectivity index (χ0v) is 10.4. The van der Waals surface area contributed by atoms with Gasteiger partial charge in [0, 0.05) is 10.8 Å². The Kier molecular flexibility index (Phi) is 3.42. The molecule has 2 aromatic rings. The van der Waals surface area contributed by atoms with Gasteiger partial charge in [-0.1, -0.05) is 35.9 Å². The van der Waals surface area contributed by atoms with E-state index in [-0.39, 0.29) is 12.0 Å². The summed E-state index contributed by atoms with van der Waals surface area (Å²) >= 11 is 1.70. The van der Waals surface area contributed by atoms with Crippen LogP contribution in [0.5, 0.6) is 0 Å². The highest BCUT2D eigenvalue weighted by Crippen LogP contribution is 2.31. The average molecular weight is 232 g/mol. The highest BCUT2D eigenvalue weighted by atomic mass is 32.1. The quantitative estimate of drug-likeness (QED) is 0.857. The molecule has 2 atom stereocenters. The Morgan fingerprint density at radius 2 is 1.81 bits per heavy atom. The van der Waals surface area contributed by atoms with Gasteiger partial charge in [0.2, 0.25) is 0 Å². The zero-order valence-electron chi connectivity index (χ0n) is 9.55. The highest BCUT2D eigenvalue weighted by Gasteiger charge is 2.20. The molecule has 16 heavy (non-hydrogen) atoms. The molecule has 0 amide bonds. The summed E-state index contributed by atoms with van der Waals surface area (Å²) < 4.78 is 0. The first-order chi connectivity index (χ1) is 7.68. The van der Waals surface area contributed by atoms with Gasteiger partial charge in [0.1, 0.15) is 0 Å². The van der Waals surface area contributed by atoms with E-state index in [1.165, 1.54) is 16.0 Å². The van der Waals surface area contributed by atoms with E-state index in [0.29, 0.717) is 0 Å². The lowest BCUT2D eigenvalue weighted by atomic mass is 9.92. The molecule has 0 saturated carbocycles. The molecule has 1 aromatic heterocycles. The third-order valence-electron chi connectivity index (χ3n) is 2.77. The van der Waals surface area contributed by atoms with Gasteiger partial charge >= 0.3 is 0 Å². The number of aliphatic hydroxyl groups excluding tert-OH is 1. The molecule has 84 valence electrons. The average Bonchev–Trinajstić information content (AvgIpc) is 2.74. The van der Waals surface area contributed by atoms with Crippen LogP contribution in [0, 0.1) is 6.92 Å². The first-order valence-electron chi connectivity index (χ1n) is 5.46. The van der Waals surface area contributed by atoms with Crippen molar-refractivity contribution in [3.63, 3.8) is 0 Å². The molecule has 0 aliphatic heterocycles. The van der Waals surface area contributed by atoms with Crippen LogP contribution in [0.4, 0.5) is 0 Å². The number of hydrogen-bond acceptors (Lipinski definition) is 2. The molecule has 0 aliphatic carbocycles. The number of aliphatic hydroxyl groups is 1. The molecule has 0 aliphatic rings. The van der Waals surface area contributed by atoms with Crippen LogP contribution in [0.25, 0.3) is 0 Å². The van der Waals surface area contributed by atoms with E-state index in [9.17, 15) is 5.11 Å². The summed E-state index contributed by atoms with van der Waals surface area (Å²) in [4.78, 5) is 1.22. The lowest BCUT2D eigenvalue weighted by molar-refractivity contribution is 0.177. The summed E-state index contributed by atoms with van der Waals surface area (Å²) in [6, 6.07) is 12.5. The molecule has 1 N–H and O–H groups in total. The van der Waals surface area contributed by atoms with Gasteiger partial charge in [0.15, 0.2) is 0 Å². The van der Waals surface area contributed by atoms with E-state index >= 15 is 0 Å². The maximum atomic E-state index is 9.91. The second-order valence-corrected chi connectivity index (χ2v) is 5.12. The van der Waals surface area contributed by atoms with Crippen LogP contribution in [0.1, 0.15) is 28.8 Å². The monoisotopic (exact) mass is 232 g/mol. The number of benzene rings is 1. The SMILES string of the molecule is Cc1ccc(C(c2cccs2)C(C)O)cc1. The molecular weight excluding hydrogens is 216 g/mol. The van der Waals surface area contributed by atoms with Crippen LogP contribution in [0.15, 0.2) is 41.8 Å². The minimum Gasteiger partial charge on any atom is -0.392 e. The summed E-state index contributed by atoms with van der Waals surface area (Å²) in [6.45, 7) is 3.93. The Hall–Kier alpha value is -1.12. The topological polar surface area (TPSA) is 20.2 Å². The fourth-order valence-electron chi connectivity index (χ4n) is 1.92. The van der Waals surface area contributed by atoms with Crippen molar-refractivity contribution in [1.82, 2.24) is 0 Å². The molecule has 0 spiro atoms. The van der Waals surface area contributed by atoms with Crippen molar-refractivity contribution in [2.75, 3.05) is 0 Å². The number of aryl methyl sites for hydroxylation is 1. The molecule has 2 rings (SSSR count). The van der Waals surface area contributed by atoms with Crippen LogP contribution in [0.3, 0.4) is 0 Å². The van der Waals surface area contributed by atoms with Gasteiger partial charge < -0.3 is 5.11 Å². The molecule has 0 bridgehead atoms. The maximum absolute atomic E-state index is 9.91. The van der Waals surface area contributed by atoms with E-state index < -0.39 is 0 Å². The van der Waals surface area contributed by atoms with E-state index in [4.69, 9.17) is 0 Å². The zero-order chi connectivity index (χ0) is 11.5. The minimum atomic E-state index is -0.360. The lowest BCUT2D eigenvalue weighted by Gasteiger charge is -2.19. The van der Waals surface area contributed by atoms with Gasteiger partial charge in [-0.15, -0.1) is 11.3 Å². The van der Waals surface area contributed by atoms with Crippen LogP contribution in [-0.4, -0.2) is 11.2 Å². The Labute approximate surface area is 100 Å². The van der Waals surface area contributed by atoms with Crippen molar-refractivity contribution in [2.24, 2.45) is 0 Å². The van der Waals surface area contributed by atoms with Crippen LogP contribution in [-0.2, 0) is 0 Å². The van der Waals surface area contributed by atoms with E-state index in [2.05, 4.69) is 42.6 Å². The second kappa shape index (κ2) is 4.81. The minimum absolute atomic E-state index is 0.0978. The van der Waals surface area contributed by atoms with Crippen LogP contribution < -0.4 is 0 Å². The van der Waals surface area contributed by atoms with Crippen molar-refractivity contribution in [1.29, 1.82) is 0 Å².